The Kier molecular flexibility index (Phi) is 2.07. The monoisotopic (exact) mass is 199 g/mol. The third-order valence-electron chi connectivity index (χ3n) is 2.85. The molecule has 0 atom stereocenters. The number of rotatable bonds is 1. The molecule has 1 amide bonds. The van der Waals surface area contributed by atoms with E-state index in [-0.39, 0.29) is 5.41 Å². The number of carbonyl (C=O) groups is 1. The second kappa shape index (κ2) is 3.13. The maximum absolute atomic E-state index is 10.8. The summed E-state index contributed by atoms with van der Waals surface area (Å²) in [6.07, 6.45) is -0.891. The lowest BCUT2D eigenvalue weighted by molar-refractivity contribution is 0.140. The zero-order chi connectivity index (χ0) is 10.2. The minimum absolute atomic E-state index is 0.103. The van der Waals surface area contributed by atoms with Gasteiger partial charge in [-0.3, -0.25) is 0 Å². The molecule has 0 saturated carbocycles. The summed E-state index contributed by atoms with van der Waals surface area (Å²) in [7, 11) is 1.48. The molecule has 2 aliphatic heterocycles. The van der Waals surface area contributed by atoms with Gasteiger partial charge >= 0.3 is 6.09 Å². The van der Waals surface area contributed by atoms with Gasteiger partial charge in [0.2, 0.25) is 0 Å². The van der Waals surface area contributed by atoms with Gasteiger partial charge in [-0.1, -0.05) is 5.16 Å². The highest BCUT2D eigenvalue weighted by Gasteiger charge is 2.50. The standard InChI is InChI=1S/C8H13N3O3/c1-14-10-6-2-11(7(12)13)5-8(6)3-9-4-8/h9H,2-5H2,1H3,(H,12,13). The van der Waals surface area contributed by atoms with Crippen molar-refractivity contribution < 1.29 is 14.7 Å². The van der Waals surface area contributed by atoms with E-state index in [9.17, 15) is 4.79 Å². The second-order valence-electron chi connectivity index (χ2n) is 3.74. The van der Waals surface area contributed by atoms with Crippen LogP contribution in [0.4, 0.5) is 4.79 Å². The molecule has 78 valence electrons. The predicted octanol–water partition coefficient (Wildman–Crippen LogP) is -0.428. The average Bonchev–Trinajstić information content (AvgIpc) is 2.44. The first kappa shape index (κ1) is 9.26. The zero-order valence-corrected chi connectivity index (χ0v) is 7.99. The number of nitrogens with one attached hydrogen (secondary N) is 1. The molecule has 2 heterocycles. The molecule has 2 fully saturated rings. The lowest BCUT2D eigenvalue weighted by Gasteiger charge is -2.38. The van der Waals surface area contributed by atoms with Crippen molar-refractivity contribution in [1.82, 2.24) is 10.2 Å². The van der Waals surface area contributed by atoms with E-state index in [1.807, 2.05) is 0 Å². The molecule has 6 nitrogen and oxygen atoms in total. The number of hydrogen-bond acceptors (Lipinski definition) is 4. The Morgan fingerprint density at radius 3 is 2.86 bits per heavy atom. The Morgan fingerprint density at radius 2 is 2.43 bits per heavy atom. The Hall–Kier alpha value is -1.30. The van der Waals surface area contributed by atoms with Gasteiger partial charge in [0, 0.05) is 19.6 Å². The molecule has 6 heteroatoms. The number of nitrogens with zero attached hydrogens (tertiary/aromatic N) is 2. The Morgan fingerprint density at radius 1 is 1.71 bits per heavy atom. The van der Waals surface area contributed by atoms with Crippen LogP contribution in [0.25, 0.3) is 0 Å². The van der Waals surface area contributed by atoms with Crippen molar-refractivity contribution in [3.8, 4) is 0 Å². The van der Waals surface area contributed by atoms with Crippen LogP contribution in [0.15, 0.2) is 5.16 Å². The Bertz CT molecular complexity index is 286. The number of amides is 1. The molecule has 0 unspecified atom stereocenters. The molecule has 0 radical (unpaired) electrons. The predicted molar refractivity (Wildman–Crippen MR) is 49.3 cm³/mol. The first-order valence-corrected chi connectivity index (χ1v) is 4.47. The summed E-state index contributed by atoms with van der Waals surface area (Å²) in [5.41, 5.74) is 0.732. The first-order valence-electron chi connectivity index (χ1n) is 4.47. The SMILES string of the molecule is CON=C1CN(C(=O)O)CC12CNC2. The van der Waals surface area contributed by atoms with Crippen molar-refractivity contribution in [1.29, 1.82) is 0 Å². The lowest BCUT2D eigenvalue weighted by Crippen LogP contribution is -2.58. The van der Waals surface area contributed by atoms with Crippen LogP contribution in [0.1, 0.15) is 0 Å². The van der Waals surface area contributed by atoms with Crippen molar-refractivity contribution in [3.05, 3.63) is 0 Å². The van der Waals surface area contributed by atoms with E-state index < -0.39 is 6.09 Å². The summed E-state index contributed by atoms with van der Waals surface area (Å²) in [5, 5.41) is 15.9. The Balaban J connectivity index is 2.16. The van der Waals surface area contributed by atoms with Crippen molar-refractivity contribution in [3.63, 3.8) is 0 Å². The van der Waals surface area contributed by atoms with Crippen LogP contribution < -0.4 is 5.32 Å². The molecular weight excluding hydrogens is 186 g/mol. The van der Waals surface area contributed by atoms with Gasteiger partial charge in [0.1, 0.15) is 7.11 Å². The molecule has 0 aromatic rings. The molecule has 0 bridgehead atoms. The maximum Gasteiger partial charge on any atom is 0.407 e. The van der Waals surface area contributed by atoms with Gasteiger partial charge in [-0.15, -0.1) is 0 Å². The third kappa shape index (κ3) is 1.22. The van der Waals surface area contributed by atoms with Crippen LogP contribution >= 0.6 is 0 Å². The topological polar surface area (TPSA) is 74.2 Å². The summed E-state index contributed by atoms with van der Waals surface area (Å²) in [6.45, 7) is 2.47. The quantitative estimate of drug-likeness (QED) is 0.562. The van der Waals surface area contributed by atoms with Crippen LogP contribution in [-0.4, -0.2) is 55.1 Å². The highest BCUT2D eigenvalue weighted by Crippen LogP contribution is 2.32. The van der Waals surface area contributed by atoms with Crippen molar-refractivity contribution in [2.75, 3.05) is 33.3 Å². The van der Waals surface area contributed by atoms with E-state index in [2.05, 4.69) is 10.5 Å². The van der Waals surface area contributed by atoms with E-state index in [4.69, 9.17) is 9.94 Å². The number of likely N-dealkylation sites (tertiary alicyclic amines) is 1. The number of carboxylic acid groups (broad SMARTS) is 1. The minimum Gasteiger partial charge on any atom is -0.465 e. The fourth-order valence-corrected chi connectivity index (χ4v) is 1.97. The summed E-state index contributed by atoms with van der Waals surface area (Å²) in [5.74, 6) is 0. The Labute approximate surface area is 81.5 Å². The molecule has 2 N–H and O–H groups in total. The molecular formula is C8H13N3O3. The van der Waals surface area contributed by atoms with Crippen LogP contribution in [0.5, 0.6) is 0 Å². The van der Waals surface area contributed by atoms with Crippen molar-refractivity contribution in [2.24, 2.45) is 10.6 Å². The molecule has 0 aromatic carbocycles. The van der Waals surface area contributed by atoms with Gasteiger partial charge in [0.25, 0.3) is 0 Å². The molecule has 0 aromatic heterocycles. The number of hydrogen-bond donors (Lipinski definition) is 2. The zero-order valence-electron chi connectivity index (χ0n) is 7.99. The highest BCUT2D eigenvalue weighted by atomic mass is 16.6. The summed E-state index contributed by atoms with van der Waals surface area (Å²) >= 11 is 0. The van der Waals surface area contributed by atoms with Gasteiger partial charge < -0.3 is 20.2 Å². The number of oxime groups is 1. The van der Waals surface area contributed by atoms with Gasteiger partial charge in [-0.2, -0.15) is 0 Å². The fourth-order valence-electron chi connectivity index (χ4n) is 1.97. The molecule has 2 aliphatic rings. The third-order valence-corrected chi connectivity index (χ3v) is 2.85. The van der Waals surface area contributed by atoms with E-state index in [1.165, 1.54) is 12.0 Å². The van der Waals surface area contributed by atoms with Crippen LogP contribution in [0.3, 0.4) is 0 Å². The molecule has 14 heavy (non-hydrogen) atoms. The molecule has 2 rings (SSSR count). The van der Waals surface area contributed by atoms with Crippen molar-refractivity contribution in [2.45, 2.75) is 0 Å². The van der Waals surface area contributed by atoms with E-state index in [0.717, 1.165) is 18.8 Å². The van der Waals surface area contributed by atoms with Gasteiger partial charge in [0.15, 0.2) is 0 Å². The minimum atomic E-state index is -0.891. The molecule has 0 aliphatic carbocycles. The normalized spacial score (nSPS) is 26.6. The van der Waals surface area contributed by atoms with E-state index in [1.54, 1.807) is 0 Å². The largest absolute Gasteiger partial charge is 0.465 e. The average molecular weight is 199 g/mol. The second-order valence-corrected chi connectivity index (χ2v) is 3.74. The lowest BCUT2D eigenvalue weighted by atomic mass is 9.79. The van der Waals surface area contributed by atoms with Crippen molar-refractivity contribution >= 4 is 11.8 Å². The maximum atomic E-state index is 10.8. The van der Waals surface area contributed by atoms with Crippen LogP contribution in [-0.2, 0) is 4.84 Å². The van der Waals surface area contributed by atoms with Gasteiger partial charge in [0.05, 0.1) is 17.7 Å². The van der Waals surface area contributed by atoms with Crippen LogP contribution in [0, 0.1) is 5.41 Å². The fraction of sp³-hybridized carbons (Fsp3) is 0.750. The van der Waals surface area contributed by atoms with Gasteiger partial charge in [-0.05, 0) is 0 Å². The van der Waals surface area contributed by atoms with Crippen LogP contribution in [0.2, 0.25) is 0 Å². The van der Waals surface area contributed by atoms with Gasteiger partial charge in [-0.25, -0.2) is 4.79 Å². The molecule has 1 spiro atoms. The summed E-state index contributed by atoms with van der Waals surface area (Å²) in [4.78, 5) is 16.9. The first-order chi connectivity index (χ1) is 6.68. The smallest absolute Gasteiger partial charge is 0.407 e. The highest BCUT2D eigenvalue weighted by molar-refractivity contribution is 5.97. The van der Waals surface area contributed by atoms with E-state index >= 15 is 0 Å². The molecule has 2 saturated heterocycles. The summed E-state index contributed by atoms with van der Waals surface area (Å²) in [6, 6.07) is 0. The summed E-state index contributed by atoms with van der Waals surface area (Å²) < 4.78 is 0. The van der Waals surface area contributed by atoms with E-state index in [0.29, 0.717) is 13.1 Å².